The van der Waals surface area contributed by atoms with Crippen LogP contribution in [0.2, 0.25) is 0 Å². The van der Waals surface area contributed by atoms with Crippen LogP contribution in [0.25, 0.3) is 0 Å². The Bertz CT molecular complexity index is 743. The average molecular weight is 341 g/mol. The summed E-state index contributed by atoms with van der Waals surface area (Å²) in [6.45, 7) is 6.09. The molecule has 0 spiro atoms. The Balaban J connectivity index is 1.88. The molecule has 0 aliphatic rings. The van der Waals surface area contributed by atoms with Crippen LogP contribution in [0.3, 0.4) is 0 Å². The lowest BCUT2D eigenvalue weighted by Gasteiger charge is -2.12. The van der Waals surface area contributed by atoms with Crippen molar-refractivity contribution in [1.82, 2.24) is 5.32 Å². The van der Waals surface area contributed by atoms with Gasteiger partial charge in [0.15, 0.2) is 6.61 Å². The van der Waals surface area contributed by atoms with Crippen molar-refractivity contribution in [3.8, 4) is 5.75 Å². The summed E-state index contributed by atoms with van der Waals surface area (Å²) in [6.07, 6.45) is 0.689. The van der Waals surface area contributed by atoms with Crippen LogP contribution >= 0.6 is 0 Å². The molecule has 0 atom stereocenters. The molecule has 2 aromatic rings. The van der Waals surface area contributed by atoms with Crippen LogP contribution in [0.15, 0.2) is 36.4 Å². The van der Waals surface area contributed by atoms with Crippen LogP contribution in [0.4, 0.5) is 0 Å². The number of hydrogen-bond acceptors (Lipinski definition) is 3. The smallest absolute Gasteiger partial charge is 0.341 e. The van der Waals surface area contributed by atoms with E-state index in [4.69, 9.17) is 9.84 Å². The molecule has 1 amide bonds. The predicted octanol–water partition coefficient (Wildman–Crippen LogP) is 3.05. The van der Waals surface area contributed by atoms with E-state index in [1.54, 1.807) is 12.1 Å². The Morgan fingerprint density at radius 3 is 2.20 bits per heavy atom. The Morgan fingerprint density at radius 2 is 1.64 bits per heavy atom. The van der Waals surface area contributed by atoms with Crippen LogP contribution in [0.5, 0.6) is 5.75 Å². The Labute approximate surface area is 147 Å². The minimum Gasteiger partial charge on any atom is -0.482 e. The van der Waals surface area contributed by atoms with Gasteiger partial charge in [-0.1, -0.05) is 29.8 Å². The van der Waals surface area contributed by atoms with E-state index in [2.05, 4.69) is 5.32 Å². The van der Waals surface area contributed by atoms with Crippen LogP contribution in [0.1, 0.15) is 32.6 Å². The van der Waals surface area contributed by atoms with Crippen molar-refractivity contribution in [3.05, 3.63) is 64.2 Å². The molecule has 0 heterocycles. The summed E-state index contributed by atoms with van der Waals surface area (Å²) in [4.78, 5) is 22.9. The number of rotatable bonds is 7. The van der Waals surface area contributed by atoms with Crippen molar-refractivity contribution in [2.24, 2.45) is 0 Å². The maximum atomic E-state index is 12.4. The maximum Gasteiger partial charge on any atom is 0.341 e. The van der Waals surface area contributed by atoms with Gasteiger partial charge in [0.25, 0.3) is 5.91 Å². The minimum absolute atomic E-state index is 0.0589. The molecule has 132 valence electrons. The largest absolute Gasteiger partial charge is 0.482 e. The molecule has 0 aromatic heterocycles. The fourth-order valence-corrected chi connectivity index (χ4v) is 2.84. The van der Waals surface area contributed by atoms with Crippen LogP contribution in [0, 0.1) is 20.8 Å². The fraction of sp³-hybridized carbons (Fsp3) is 0.300. The number of ether oxygens (including phenoxy) is 1. The number of carbonyl (C=O) groups excluding carboxylic acids is 1. The Kier molecular flexibility index (Phi) is 6.17. The first-order chi connectivity index (χ1) is 11.9. The standard InChI is InChI=1S/C20H23NO4/c1-13-10-14(2)19(15(3)11-13)20(24)21-9-8-16-4-6-17(7-5-16)25-12-18(22)23/h4-7,10-11H,8-9,12H2,1-3H3,(H,21,24)(H,22,23). The Morgan fingerprint density at radius 1 is 1.04 bits per heavy atom. The van der Waals surface area contributed by atoms with Crippen molar-refractivity contribution in [3.63, 3.8) is 0 Å². The summed E-state index contributed by atoms with van der Waals surface area (Å²) in [5.74, 6) is -0.550. The summed E-state index contributed by atoms with van der Waals surface area (Å²) in [5, 5.41) is 11.5. The predicted molar refractivity (Wildman–Crippen MR) is 96.3 cm³/mol. The normalized spacial score (nSPS) is 10.4. The van der Waals surface area contributed by atoms with Gasteiger partial charge >= 0.3 is 5.97 Å². The first kappa shape index (κ1) is 18.5. The molecule has 0 bridgehead atoms. The van der Waals surface area contributed by atoms with Crippen molar-refractivity contribution < 1.29 is 19.4 Å². The van der Waals surface area contributed by atoms with Gasteiger partial charge in [0.1, 0.15) is 5.75 Å². The third-order valence-electron chi connectivity index (χ3n) is 3.89. The van der Waals surface area contributed by atoms with E-state index in [1.807, 2.05) is 45.0 Å². The average Bonchev–Trinajstić information content (AvgIpc) is 2.53. The first-order valence-electron chi connectivity index (χ1n) is 8.16. The summed E-state index contributed by atoms with van der Waals surface area (Å²) < 4.78 is 5.09. The topological polar surface area (TPSA) is 75.6 Å². The molecule has 2 aromatic carbocycles. The van der Waals surface area contributed by atoms with E-state index in [9.17, 15) is 9.59 Å². The van der Waals surface area contributed by atoms with E-state index in [1.165, 1.54) is 0 Å². The summed E-state index contributed by atoms with van der Waals surface area (Å²) >= 11 is 0. The highest BCUT2D eigenvalue weighted by atomic mass is 16.5. The molecule has 0 aliphatic carbocycles. The van der Waals surface area contributed by atoms with Gasteiger partial charge < -0.3 is 15.2 Å². The highest BCUT2D eigenvalue weighted by Crippen LogP contribution is 2.16. The third-order valence-corrected chi connectivity index (χ3v) is 3.89. The number of aliphatic carboxylic acids is 1. The second-order valence-corrected chi connectivity index (χ2v) is 6.11. The van der Waals surface area contributed by atoms with Gasteiger partial charge in [-0.05, 0) is 56.0 Å². The fourth-order valence-electron chi connectivity index (χ4n) is 2.84. The van der Waals surface area contributed by atoms with Crippen molar-refractivity contribution in [2.45, 2.75) is 27.2 Å². The minimum atomic E-state index is -1.01. The van der Waals surface area contributed by atoms with Gasteiger partial charge in [-0.25, -0.2) is 4.79 Å². The van der Waals surface area contributed by atoms with Crippen LogP contribution < -0.4 is 10.1 Å². The number of hydrogen-bond donors (Lipinski definition) is 2. The summed E-state index contributed by atoms with van der Waals surface area (Å²) in [5.41, 5.74) is 4.89. The summed E-state index contributed by atoms with van der Waals surface area (Å²) in [6, 6.07) is 11.2. The highest BCUT2D eigenvalue weighted by molar-refractivity contribution is 5.97. The van der Waals surface area contributed by atoms with Gasteiger partial charge in [-0.15, -0.1) is 0 Å². The van der Waals surface area contributed by atoms with Crippen LogP contribution in [-0.4, -0.2) is 30.1 Å². The molecule has 0 saturated carbocycles. The number of carboxylic acid groups (broad SMARTS) is 1. The highest BCUT2D eigenvalue weighted by Gasteiger charge is 2.12. The Hall–Kier alpha value is -2.82. The molecule has 0 fully saturated rings. The van der Waals surface area contributed by atoms with Crippen molar-refractivity contribution >= 4 is 11.9 Å². The lowest BCUT2D eigenvalue weighted by Crippen LogP contribution is -2.27. The SMILES string of the molecule is Cc1cc(C)c(C(=O)NCCc2ccc(OCC(=O)O)cc2)c(C)c1. The second-order valence-electron chi connectivity index (χ2n) is 6.11. The van der Waals surface area contributed by atoms with Gasteiger partial charge in [0, 0.05) is 12.1 Å². The molecule has 0 unspecified atom stereocenters. The van der Waals surface area contributed by atoms with Crippen molar-refractivity contribution in [1.29, 1.82) is 0 Å². The number of nitrogens with one attached hydrogen (secondary N) is 1. The number of amides is 1. The second kappa shape index (κ2) is 8.33. The third kappa shape index (κ3) is 5.35. The maximum absolute atomic E-state index is 12.4. The van der Waals surface area contributed by atoms with E-state index in [0.29, 0.717) is 18.7 Å². The molecule has 0 aliphatic heterocycles. The molecule has 25 heavy (non-hydrogen) atoms. The van der Waals surface area contributed by atoms with E-state index in [0.717, 1.165) is 27.8 Å². The van der Waals surface area contributed by atoms with Gasteiger partial charge in [-0.3, -0.25) is 4.79 Å². The molecule has 2 rings (SSSR count). The van der Waals surface area contributed by atoms with Gasteiger partial charge in [0.2, 0.25) is 0 Å². The molecule has 2 N–H and O–H groups in total. The van der Waals surface area contributed by atoms with Gasteiger partial charge in [0.05, 0.1) is 0 Å². The number of carboxylic acids is 1. The lowest BCUT2D eigenvalue weighted by atomic mass is 9.99. The zero-order valence-corrected chi connectivity index (χ0v) is 14.8. The van der Waals surface area contributed by atoms with E-state index < -0.39 is 5.97 Å². The molecule has 5 heteroatoms. The van der Waals surface area contributed by atoms with E-state index >= 15 is 0 Å². The number of carbonyl (C=O) groups is 2. The first-order valence-corrected chi connectivity index (χ1v) is 8.16. The van der Waals surface area contributed by atoms with Gasteiger partial charge in [-0.2, -0.15) is 0 Å². The molecule has 5 nitrogen and oxygen atoms in total. The zero-order valence-electron chi connectivity index (χ0n) is 14.8. The molecular weight excluding hydrogens is 318 g/mol. The van der Waals surface area contributed by atoms with Crippen LogP contribution in [-0.2, 0) is 11.2 Å². The quantitative estimate of drug-likeness (QED) is 0.812. The zero-order chi connectivity index (χ0) is 18.4. The number of aryl methyl sites for hydroxylation is 3. The van der Waals surface area contributed by atoms with Crippen molar-refractivity contribution in [2.75, 3.05) is 13.2 Å². The summed E-state index contributed by atoms with van der Waals surface area (Å²) in [7, 11) is 0. The molecular formula is C20H23NO4. The monoisotopic (exact) mass is 341 g/mol. The number of benzene rings is 2. The van der Waals surface area contributed by atoms with E-state index in [-0.39, 0.29) is 12.5 Å². The molecule has 0 saturated heterocycles. The lowest BCUT2D eigenvalue weighted by molar-refractivity contribution is -0.139. The molecule has 0 radical (unpaired) electrons.